The van der Waals surface area contributed by atoms with E-state index >= 15 is 0 Å². The summed E-state index contributed by atoms with van der Waals surface area (Å²) in [6.07, 6.45) is 1.78. The second kappa shape index (κ2) is 6.74. The van der Waals surface area contributed by atoms with E-state index in [0.717, 1.165) is 31.4 Å². The molecule has 3 heterocycles. The van der Waals surface area contributed by atoms with Crippen LogP contribution in [0.1, 0.15) is 20.9 Å². The molecule has 0 fully saturated rings. The number of amides is 1. The molecular weight excluding hydrogens is 350 g/mol. The van der Waals surface area contributed by atoms with E-state index in [1.165, 1.54) is 0 Å². The molecule has 4 aromatic rings. The Bertz CT molecular complexity index is 1040. The predicted octanol–water partition coefficient (Wildman–Crippen LogP) is 4.66. The Balaban J connectivity index is 1.54. The van der Waals surface area contributed by atoms with Crippen LogP contribution in [-0.4, -0.2) is 15.9 Å². The van der Waals surface area contributed by atoms with E-state index in [-0.39, 0.29) is 5.91 Å². The molecule has 1 N–H and O–H groups in total. The van der Waals surface area contributed by atoms with Crippen molar-refractivity contribution in [1.29, 1.82) is 0 Å². The Kier molecular flexibility index (Phi) is 4.29. The number of benzene rings is 1. The van der Waals surface area contributed by atoms with Crippen molar-refractivity contribution in [3.63, 3.8) is 0 Å². The van der Waals surface area contributed by atoms with Gasteiger partial charge in [0, 0.05) is 18.3 Å². The zero-order valence-electron chi connectivity index (χ0n) is 13.5. The lowest BCUT2D eigenvalue weighted by atomic mass is 10.1. The summed E-state index contributed by atoms with van der Waals surface area (Å²) in [5.74, 6) is -0.0889. The molecule has 25 heavy (non-hydrogen) atoms. The molecule has 0 spiro atoms. The second-order valence-corrected chi connectivity index (χ2v) is 7.77. The van der Waals surface area contributed by atoms with Crippen LogP contribution in [0.3, 0.4) is 0 Å². The van der Waals surface area contributed by atoms with Crippen LogP contribution in [0.25, 0.3) is 20.8 Å². The summed E-state index contributed by atoms with van der Waals surface area (Å²) in [5.41, 5.74) is 3.52. The molecule has 0 aliphatic rings. The average molecular weight is 365 g/mol. The number of thiazole rings is 1. The average Bonchev–Trinajstić information content (AvgIpc) is 3.27. The minimum atomic E-state index is -0.0889. The molecule has 124 valence electrons. The number of hydrogen-bond donors (Lipinski definition) is 1. The fourth-order valence-electron chi connectivity index (χ4n) is 2.68. The Morgan fingerprint density at radius 3 is 2.96 bits per heavy atom. The normalized spacial score (nSPS) is 10.9. The van der Waals surface area contributed by atoms with E-state index in [9.17, 15) is 4.79 Å². The summed E-state index contributed by atoms with van der Waals surface area (Å²) >= 11 is 3.24. The Labute approximate surface area is 153 Å². The van der Waals surface area contributed by atoms with Crippen LogP contribution in [0.4, 0.5) is 0 Å². The first-order valence-corrected chi connectivity index (χ1v) is 9.53. The van der Waals surface area contributed by atoms with Gasteiger partial charge in [-0.1, -0.05) is 12.1 Å². The van der Waals surface area contributed by atoms with E-state index in [2.05, 4.69) is 15.3 Å². The summed E-state index contributed by atoms with van der Waals surface area (Å²) < 4.78 is 1.03. The fraction of sp³-hybridized carbons (Fsp3) is 0.105. The molecule has 1 aromatic carbocycles. The number of carbonyl (C=O) groups excluding carboxylic acids is 1. The highest BCUT2D eigenvalue weighted by Gasteiger charge is 2.11. The molecule has 0 bridgehead atoms. The fourth-order valence-corrected chi connectivity index (χ4v) is 4.30. The van der Waals surface area contributed by atoms with Crippen LogP contribution in [0.2, 0.25) is 0 Å². The number of pyridine rings is 1. The lowest BCUT2D eigenvalue weighted by molar-refractivity contribution is 0.0951. The maximum absolute atomic E-state index is 12.5. The quantitative estimate of drug-likeness (QED) is 0.572. The molecule has 4 nitrogen and oxygen atoms in total. The van der Waals surface area contributed by atoms with Crippen molar-refractivity contribution in [2.24, 2.45) is 0 Å². The van der Waals surface area contributed by atoms with Crippen molar-refractivity contribution < 1.29 is 4.79 Å². The molecular formula is C19H15N3OS2. The number of carbonyl (C=O) groups is 1. The third kappa shape index (κ3) is 3.31. The number of nitrogens with zero attached hydrogens (tertiary/aromatic N) is 2. The molecule has 0 radical (unpaired) electrons. The summed E-state index contributed by atoms with van der Waals surface area (Å²) in [5, 5.41) is 6.03. The van der Waals surface area contributed by atoms with Gasteiger partial charge in [0.2, 0.25) is 0 Å². The number of aryl methyl sites for hydroxylation is 1. The van der Waals surface area contributed by atoms with Gasteiger partial charge in [-0.25, -0.2) is 4.98 Å². The van der Waals surface area contributed by atoms with Crippen molar-refractivity contribution in [2.75, 3.05) is 0 Å². The molecule has 0 aliphatic heterocycles. The molecule has 0 aliphatic carbocycles. The smallest absolute Gasteiger partial charge is 0.251 e. The number of rotatable bonds is 4. The summed E-state index contributed by atoms with van der Waals surface area (Å²) in [6.45, 7) is 2.42. The maximum Gasteiger partial charge on any atom is 0.251 e. The van der Waals surface area contributed by atoms with E-state index in [4.69, 9.17) is 0 Å². The van der Waals surface area contributed by atoms with Gasteiger partial charge >= 0.3 is 0 Å². The van der Waals surface area contributed by atoms with E-state index in [1.807, 2.05) is 54.8 Å². The zero-order chi connectivity index (χ0) is 17.2. The van der Waals surface area contributed by atoms with Crippen molar-refractivity contribution in [1.82, 2.24) is 15.3 Å². The van der Waals surface area contributed by atoms with E-state index in [0.29, 0.717) is 12.1 Å². The molecule has 0 atom stereocenters. The van der Waals surface area contributed by atoms with Crippen LogP contribution < -0.4 is 5.32 Å². The van der Waals surface area contributed by atoms with Crippen molar-refractivity contribution >= 4 is 38.8 Å². The molecule has 0 unspecified atom stereocenters. The largest absolute Gasteiger partial charge is 0.348 e. The number of fused-ring (bicyclic) bond motifs is 1. The van der Waals surface area contributed by atoms with Crippen LogP contribution in [0, 0.1) is 6.92 Å². The molecule has 1 amide bonds. The zero-order valence-corrected chi connectivity index (χ0v) is 15.2. The number of aromatic nitrogens is 2. The predicted molar refractivity (Wildman–Crippen MR) is 103 cm³/mol. The van der Waals surface area contributed by atoms with E-state index < -0.39 is 0 Å². The van der Waals surface area contributed by atoms with Crippen LogP contribution >= 0.6 is 22.7 Å². The standard InChI is InChI=1S/C19H15N3OS2/c1-12-22-15-7-6-13(10-17(15)25-12)19(23)21-11-14-4-2-8-20-18(14)16-5-3-9-24-16/h2-10H,11H2,1H3,(H,21,23). The third-order valence-corrected chi connectivity index (χ3v) is 5.65. The lowest BCUT2D eigenvalue weighted by Crippen LogP contribution is -2.23. The van der Waals surface area contributed by atoms with Crippen LogP contribution in [-0.2, 0) is 6.54 Å². The molecule has 0 saturated heterocycles. The van der Waals surface area contributed by atoms with Gasteiger partial charge in [-0.15, -0.1) is 22.7 Å². The highest BCUT2D eigenvalue weighted by atomic mass is 32.1. The number of nitrogens with one attached hydrogen (secondary N) is 1. The van der Waals surface area contributed by atoms with Crippen molar-refractivity contribution in [3.8, 4) is 10.6 Å². The van der Waals surface area contributed by atoms with Gasteiger partial charge in [0.25, 0.3) is 5.91 Å². The van der Waals surface area contributed by atoms with Gasteiger partial charge in [-0.05, 0) is 48.2 Å². The van der Waals surface area contributed by atoms with Gasteiger partial charge in [-0.2, -0.15) is 0 Å². The number of hydrogen-bond acceptors (Lipinski definition) is 5. The first kappa shape index (κ1) is 15.9. The minimum absolute atomic E-state index is 0.0889. The first-order chi connectivity index (χ1) is 12.2. The highest BCUT2D eigenvalue weighted by Crippen LogP contribution is 2.26. The van der Waals surface area contributed by atoms with Gasteiger partial charge in [-0.3, -0.25) is 9.78 Å². The SMILES string of the molecule is Cc1nc2ccc(C(=O)NCc3cccnc3-c3cccs3)cc2s1. The molecule has 6 heteroatoms. The summed E-state index contributed by atoms with van der Waals surface area (Å²) in [7, 11) is 0. The maximum atomic E-state index is 12.5. The van der Waals surface area contributed by atoms with Crippen molar-refractivity contribution in [2.45, 2.75) is 13.5 Å². The van der Waals surface area contributed by atoms with Gasteiger partial charge in [0.15, 0.2) is 0 Å². The third-order valence-electron chi connectivity index (χ3n) is 3.84. The topological polar surface area (TPSA) is 54.9 Å². The van der Waals surface area contributed by atoms with Gasteiger partial charge in [0.05, 0.1) is 25.8 Å². The Hall–Kier alpha value is -2.57. The van der Waals surface area contributed by atoms with Crippen LogP contribution in [0.5, 0.6) is 0 Å². The monoisotopic (exact) mass is 365 g/mol. The second-order valence-electron chi connectivity index (χ2n) is 5.59. The molecule has 3 aromatic heterocycles. The van der Waals surface area contributed by atoms with Gasteiger partial charge < -0.3 is 5.32 Å². The summed E-state index contributed by atoms with van der Waals surface area (Å²) in [6, 6.07) is 13.6. The van der Waals surface area contributed by atoms with Crippen LogP contribution in [0.15, 0.2) is 54.0 Å². The van der Waals surface area contributed by atoms with Gasteiger partial charge in [0.1, 0.15) is 0 Å². The molecule has 0 saturated carbocycles. The lowest BCUT2D eigenvalue weighted by Gasteiger charge is -2.09. The Morgan fingerprint density at radius 2 is 2.12 bits per heavy atom. The molecule has 4 rings (SSSR count). The highest BCUT2D eigenvalue weighted by molar-refractivity contribution is 7.18. The summed E-state index contributed by atoms with van der Waals surface area (Å²) in [4.78, 5) is 22.5. The van der Waals surface area contributed by atoms with E-state index in [1.54, 1.807) is 28.9 Å². The minimum Gasteiger partial charge on any atom is -0.348 e. The first-order valence-electron chi connectivity index (χ1n) is 7.84. The van der Waals surface area contributed by atoms with Crippen molar-refractivity contribution in [3.05, 3.63) is 70.2 Å². The number of thiophene rings is 1. The Morgan fingerprint density at radius 1 is 1.20 bits per heavy atom.